The highest BCUT2D eigenvalue weighted by Crippen LogP contribution is 2.41. The minimum atomic E-state index is -1.47. The van der Waals surface area contributed by atoms with Crippen molar-refractivity contribution < 1.29 is 33.0 Å². The molecule has 0 aliphatic carbocycles. The number of halogens is 1. The molecular weight excluding hydrogens is 427 g/mol. The van der Waals surface area contributed by atoms with Crippen molar-refractivity contribution in [2.24, 2.45) is 5.92 Å². The minimum absolute atomic E-state index is 0.00216. The van der Waals surface area contributed by atoms with Crippen LogP contribution in [0.15, 0.2) is 34.9 Å². The molecule has 8 nitrogen and oxygen atoms in total. The predicted molar refractivity (Wildman–Crippen MR) is 109 cm³/mol. The third kappa shape index (κ3) is 5.92. The van der Waals surface area contributed by atoms with Crippen molar-refractivity contribution in [1.29, 1.82) is 5.26 Å². The van der Waals surface area contributed by atoms with Crippen LogP contribution in [0.2, 0.25) is 0 Å². The third-order valence-electron chi connectivity index (χ3n) is 4.33. The number of amides is 1. The van der Waals surface area contributed by atoms with Crippen molar-refractivity contribution in [1.82, 2.24) is 5.32 Å². The number of carbonyl (C=O) groups excluding carboxylic acids is 4. The molecule has 0 spiro atoms. The Bertz CT molecular complexity index is 955. The normalized spacial score (nSPS) is 18.1. The number of hydrogen-bond donors (Lipinski definition) is 1. The van der Waals surface area contributed by atoms with Gasteiger partial charge in [-0.05, 0) is 25.5 Å². The van der Waals surface area contributed by atoms with Gasteiger partial charge in [-0.1, -0.05) is 30.0 Å². The Balaban J connectivity index is 2.40. The number of ketones is 1. The molecule has 1 amide bonds. The largest absolute Gasteiger partial charge is 0.466 e. The van der Waals surface area contributed by atoms with Gasteiger partial charge in [0, 0.05) is 5.92 Å². The lowest BCUT2D eigenvalue weighted by atomic mass is 9.78. The smallest absolute Gasteiger partial charge is 0.319 e. The molecule has 1 N–H and O–H groups in total. The first-order chi connectivity index (χ1) is 14.8. The van der Waals surface area contributed by atoms with Crippen LogP contribution in [0.25, 0.3) is 0 Å². The van der Waals surface area contributed by atoms with Crippen LogP contribution in [0.1, 0.15) is 31.7 Å². The number of nitriles is 1. The highest BCUT2D eigenvalue weighted by molar-refractivity contribution is 8.03. The second-order valence-corrected chi connectivity index (χ2v) is 7.37. The van der Waals surface area contributed by atoms with Crippen molar-refractivity contribution in [3.05, 3.63) is 46.2 Å². The van der Waals surface area contributed by atoms with Crippen LogP contribution in [0.5, 0.6) is 0 Å². The van der Waals surface area contributed by atoms with Crippen LogP contribution in [-0.4, -0.2) is 42.6 Å². The summed E-state index contributed by atoms with van der Waals surface area (Å²) in [6.07, 6.45) is -0.452. The third-order valence-corrected chi connectivity index (χ3v) is 5.41. The molecule has 1 heterocycles. The zero-order chi connectivity index (χ0) is 23.0. The van der Waals surface area contributed by atoms with Gasteiger partial charge in [-0.15, -0.1) is 0 Å². The highest BCUT2D eigenvalue weighted by atomic mass is 32.2. The molecule has 0 aromatic heterocycles. The van der Waals surface area contributed by atoms with Gasteiger partial charge in [0.1, 0.15) is 18.2 Å². The summed E-state index contributed by atoms with van der Waals surface area (Å²) < 4.78 is 24.3. The van der Waals surface area contributed by atoms with Crippen molar-refractivity contribution in [3.8, 4) is 6.07 Å². The van der Waals surface area contributed by atoms with Gasteiger partial charge >= 0.3 is 11.9 Å². The molecule has 1 aliphatic heterocycles. The Morgan fingerprint density at radius 1 is 1.19 bits per heavy atom. The summed E-state index contributed by atoms with van der Waals surface area (Å²) >= 11 is 0.827. The van der Waals surface area contributed by atoms with E-state index < -0.39 is 47.7 Å². The second-order valence-electron chi connectivity index (χ2n) is 6.38. The van der Waals surface area contributed by atoms with E-state index in [-0.39, 0.29) is 35.1 Å². The number of nitrogens with zero attached hydrogens (tertiary/aromatic N) is 1. The second kappa shape index (κ2) is 11.3. The van der Waals surface area contributed by atoms with Crippen LogP contribution in [0.4, 0.5) is 4.39 Å². The van der Waals surface area contributed by atoms with E-state index in [2.05, 4.69) is 5.32 Å². The number of allylic oxidation sites excluding steroid dienone is 1. The Labute approximate surface area is 182 Å². The standard InChI is InChI=1S/C21H21FN2O6S/c1-3-29-16(26)9-12(25)11-31-20-14(10-23)17(13-7-5-6-8-15(13)22)18(19(27)24-20)21(28)30-4-2/h5-8,17-18H,3-4,9,11H2,1-2H3,(H,24,27)/t17-,18-/m0/s1. The average molecular weight is 448 g/mol. The van der Waals surface area contributed by atoms with Gasteiger partial charge in [-0.3, -0.25) is 19.2 Å². The van der Waals surface area contributed by atoms with Crippen LogP contribution >= 0.6 is 11.8 Å². The molecule has 31 heavy (non-hydrogen) atoms. The molecule has 2 rings (SSSR count). The molecular formula is C21H21FN2O6S. The molecule has 164 valence electrons. The summed E-state index contributed by atoms with van der Waals surface area (Å²) in [4.78, 5) is 48.7. The van der Waals surface area contributed by atoms with E-state index in [4.69, 9.17) is 9.47 Å². The van der Waals surface area contributed by atoms with Gasteiger partial charge < -0.3 is 14.8 Å². The van der Waals surface area contributed by atoms with Crippen LogP contribution in [0.3, 0.4) is 0 Å². The first-order valence-electron chi connectivity index (χ1n) is 9.50. The molecule has 1 aliphatic rings. The summed E-state index contributed by atoms with van der Waals surface area (Å²) in [5, 5.41) is 12.3. The monoisotopic (exact) mass is 448 g/mol. The Kier molecular flexibility index (Phi) is 8.75. The van der Waals surface area contributed by atoms with Gasteiger partial charge in [-0.25, -0.2) is 4.39 Å². The molecule has 2 atom stereocenters. The summed E-state index contributed by atoms with van der Waals surface area (Å²) in [5.41, 5.74) is -0.0837. The van der Waals surface area contributed by atoms with Crippen molar-refractivity contribution in [2.45, 2.75) is 26.2 Å². The van der Waals surface area contributed by atoms with Crippen LogP contribution in [-0.2, 0) is 28.7 Å². The number of hydrogen-bond acceptors (Lipinski definition) is 8. The van der Waals surface area contributed by atoms with E-state index in [1.165, 1.54) is 18.2 Å². The SMILES string of the molecule is CCOC(=O)CC(=O)CSC1=C(C#N)[C@H](c2ccccc2F)[C@H](C(=O)OCC)C(=O)N1. The van der Waals surface area contributed by atoms with Crippen molar-refractivity contribution in [2.75, 3.05) is 19.0 Å². The molecule has 0 saturated heterocycles. The zero-order valence-electron chi connectivity index (χ0n) is 17.0. The van der Waals surface area contributed by atoms with E-state index in [9.17, 15) is 28.8 Å². The number of benzene rings is 1. The summed E-state index contributed by atoms with van der Waals surface area (Å²) in [5.74, 6) is -6.42. The number of ether oxygens (including phenoxy) is 2. The molecule has 0 bridgehead atoms. The molecule has 0 saturated carbocycles. The molecule has 0 fully saturated rings. The van der Waals surface area contributed by atoms with E-state index >= 15 is 0 Å². The number of carbonyl (C=O) groups is 4. The number of Topliss-reactive ketones (excluding diaryl/α,β-unsaturated/α-hetero) is 1. The number of nitrogens with one attached hydrogen (secondary N) is 1. The lowest BCUT2D eigenvalue weighted by Crippen LogP contribution is -2.44. The first-order valence-corrected chi connectivity index (χ1v) is 10.5. The van der Waals surface area contributed by atoms with Gasteiger partial charge in [0.05, 0.1) is 35.6 Å². The maximum Gasteiger partial charge on any atom is 0.319 e. The quantitative estimate of drug-likeness (QED) is 0.451. The Morgan fingerprint density at radius 3 is 2.48 bits per heavy atom. The predicted octanol–water partition coefficient (Wildman–Crippen LogP) is 2.21. The van der Waals surface area contributed by atoms with Crippen LogP contribution < -0.4 is 5.32 Å². The number of thioether (sulfide) groups is 1. The Hall–Kier alpha value is -3.19. The van der Waals surface area contributed by atoms with Crippen molar-refractivity contribution in [3.63, 3.8) is 0 Å². The highest BCUT2D eigenvalue weighted by Gasteiger charge is 2.45. The maximum absolute atomic E-state index is 14.6. The molecule has 1 aromatic carbocycles. The van der Waals surface area contributed by atoms with E-state index in [1.54, 1.807) is 13.8 Å². The van der Waals surface area contributed by atoms with E-state index in [1.807, 2.05) is 6.07 Å². The van der Waals surface area contributed by atoms with Crippen molar-refractivity contribution >= 4 is 35.4 Å². The van der Waals surface area contributed by atoms with Gasteiger partial charge in [-0.2, -0.15) is 5.26 Å². The zero-order valence-corrected chi connectivity index (χ0v) is 17.8. The van der Waals surface area contributed by atoms with E-state index in [0.29, 0.717) is 0 Å². The van der Waals surface area contributed by atoms with E-state index in [0.717, 1.165) is 17.8 Å². The topological polar surface area (TPSA) is 123 Å². The molecule has 0 unspecified atom stereocenters. The lowest BCUT2D eigenvalue weighted by molar-refractivity contribution is -0.153. The fourth-order valence-corrected chi connectivity index (χ4v) is 3.97. The maximum atomic E-state index is 14.6. The fourth-order valence-electron chi connectivity index (χ4n) is 3.06. The van der Waals surface area contributed by atoms with Crippen LogP contribution in [0, 0.1) is 23.1 Å². The lowest BCUT2D eigenvalue weighted by Gasteiger charge is -2.31. The van der Waals surface area contributed by atoms with Gasteiger partial charge in [0.25, 0.3) is 0 Å². The minimum Gasteiger partial charge on any atom is -0.466 e. The van der Waals surface area contributed by atoms with Gasteiger partial charge in [0.2, 0.25) is 5.91 Å². The summed E-state index contributed by atoms with van der Waals surface area (Å²) in [6, 6.07) is 7.45. The summed E-state index contributed by atoms with van der Waals surface area (Å²) in [6.45, 7) is 3.32. The first kappa shape index (κ1) is 24.1. The molecule has 1 aromatic rings. The van der Waals surface area contributed by atoms with Gasteiger partial charge in [0.15, 0.2) is 5.78 Å². The Morgan fingerprint density at radius 2 is 1.87 bits per heavy atom. The molecule has 0 radical (unpaired) electrons. The fraction of sp³-hybridized carbons (Fsp3) is 0.381. The number of esters is 2. The summed E-state index contributed by atoms with van der Waals surface area (Å²) in [7, 11) is 0. The average Bonchev–Trinajstić information content (AvgIpc) is 2.72. The number of rotatable bonds is 9. The molecule has 10 heteroatoms.